The first kappa shape index (κ1) is 14.5. The normalized spacial score (nSPS) is 28.1. The first-order chi connectivity index (χ1) is 10.1. The number of amides is 1. The summed E-state index contributed by atoms with van der Waals surface area (Å²) < 4.78 is 5.40. The third-order valence-electron chi connectivity index (χ3n) is 4.26. The summed E-state index contributed by atoms with van der Waals surface area (Å²) in [6.45, 7) is 0.401. The smallest absolute Gasteiger partial charge is 0.332 e. The van der Waals surface area contributed by atoms with Crippen molar-refractivity contribution in [2.24, 2.45) is 0 Å². The average Bonchev–Trinajstić information content (AvgIpc) is 3.12. The van der Waals surface area contributed by atoms with Crippen LogP contribution in [0, 0.1) is 0 Å². The molecule has 0 aromatic carbocycles. The van der Waals surface area contributed by atoms with Crippen LogP contribution in [0.1, 0.15) is 42.0 Å². The quantitative estimate of drug-likeness (QED) is 0.891. The topological polar surface area (TPSA) is 75.6 Å². The van der Waals surface area contributed by atoms with Crippen molar-refractivity contribution in [2.45, 2.75) is 50.2 Å². The van der Waals surface area contributed by atoms with E-state index in [0.29, 0.717) is 19.4 Å². The highest BCUT2D eigenvalue weighted by molar-refractivity contribution is 7.10. The Morgan fingerprint density at radius 3 is 3.00 bits per heavy atom. The van der Waals surface area contributed by atoms with Crippen LogP contribution in [-0.2, 0) is 20.7 Å². The summed E-state index contributed by atoms with van der Waals surface area (Å²) in [5, 5.41) is 13.9. The van der Waals surface area contributed by atoms with E-state index in [2.05, 4.69) is 11.4 Å². The van der Waals surface area contributed by atoms with Crippen molar-refractivity contribution < 1.29 is 19.4 Å². The maximum absolute atomic E-state index is 12.4. The second-order valence-electron chi connectivity index (χ2n) is 5.65. The molecule has 0 bridgehead atoms. The first-order valence-corrected chi connectivity index (χ1v) is 8.25. The molecule has 5 nitrogen and oxygen atoms in total. The van der Waals surface area contributed by atoms with Gasteiger partial charge in [-0.1, -0.05) is 0 Å². The molecular formula is C15H19NO4S. The zero-order valence-corrected chi connectivity index (χ0v) is 12.5. The number of carboxylic acid groups (broad SMARTS) is 1. The van der Waals surface area contributed by atoms with Gasteiger partial charge in [-0.3, -0.25) is 4.79 Å². The molecule has 1 aliphatic heterocycles. The monoisotopic (exact) mass is 309 g/mol. The zero-order chi connectivity index (χ0) is 14.8. The summed E-state index contributed by atoms with van der Waals surface area (Å²) in [4.78, 5) is 24.5. The highest BCUT2D eigenvalue weighted by Gasteiger charge is 2.32. The maximum atomic E-state index is 12.4. The fourth-order valence-corrected chi connectivity index (χ4v) is 4.12. The second-order valence-corrected chi connectivity index (χ2v) is 6.65. The van der Waals surface area contributed by atoms with E-state index in [4.69, 9.17) is 9.84 Å². The lowest BCUT2D eigenvalue weighted by molar-refractivity contribution is -0.149. The molecule has 3 atom stereocenters. The van der Waals surface area contributed by atoms with Gasteiger partial charge in [-0.25, -0.2) is 4.79 Å². The second kappa shape index (κ2) is 6.15. The van der Waals surface area contributed by atoms with Crippen LogP contribution in [0.25, 0.3) is 0 Å². The van der Waals surface area contributed by atoms with Crippen molar-refractivity contribution in [3.63, 3.8) is 0 Å². The third-order valence-corrected chi connectivity index (χ3v) is 5.25. The molecule has 1 saturated heterocycles. The summed E-state index contributed by atoms with van der Waals surface area (Å²) in [6.07, 6.45) is 3.32. The van der Waals surface area contributed by atoms with E-state index in [1.807, 2.05) is 5.38 Å². The van der Waals surface area contributed by atoms with Crippen LogP contribution in [0.2, 0.25) is 0 Å². The van der Waals surface area contributed by atoms with Gasteiger partial charge in [-0.05, 0) is 49.1 Å². The number of carboxylic acids is 1. The molecule has 2 heterocycles. The molecule has 1 aliphatic carbocycles. The SMILES string of the molecule is O=C(O)C1CCC(CNC(=O)C2CCCc3sccc32)O1. The minimum absolute atomic E-state index is 0.0386. The Balaban J connectivity index is 1.53. The molecule has 0 radical (unpaired) electrons. The number of hydrogen-bond acceptors (Lipinski definition) is 4. The first-order valence-electron chi connectivity index (χ1n) is 7.37. The number of ether oxygens (including phenoxy) is 1. The van der Waals surface area contributed by atoms with Crippen molar-refractivity contribution in [2.75, 3.05) is 6.54 Å². The number of carbonyl (C=O) groups is 2. The largest absolute Gasteiger partial charge is 0.479 e. The molecule has 114 valence electrons. The molecule has 1 aromatic heterocycles. The van der Waals surface area contributed by atoms with Crippen LogP contribution in [0.4, 0.5) is 0 Å². The van der Waals surface area contributed by atoms with Gasteiger partial charge in [0.1, 0.15) is 0 Å². The number of aryl methyl sites for hydroxylation is 1. The standard InChI is InChI=1S/C15H19NO4S/c17-14(11-2-1-3-13-10(11)6-7-21-13)16-8-9-4-5-12(20-9)15(18)19/h6-7,9,11-12H,1-5,8H2,(H,16,17)(H,18,19). The van der Waals surface area contributed by atoms with Gasteiger partial charge in [0.2, 0.25) is 5.91 Å². The molecule has 3 unspecified atom stereocenters. The van der Waals surface area contributed by atoms with Gasteiger partial charge in [0.05, 0.1) is 12.0 Å². The average molecular weight is 309 g/mol. The van der Waals surface area contributed by atoms with Crippen LogP contribution < -0.4 is 5.32 Å². The van der Waals surface area contributed by atoms with Crippen LogP contribution in [-0.4, -0.2) is 35.7 Å². The fraction of sp³-hybridized carbons (Fsp3) is 0.600. The Bertz CT molecular complexity index is 542. The fourth-order valence-electron chi connectivity index (χ4n) is 3.13. The summed E-state index contributed by atoms with van der Waals surface area (Å²) in [7, 11) is 0. The van der Waals surface area contributed by atoms with E-state index in [-0.39, 0.29) is 17.9 Å². The molecule has 21 heavy (non-hydrogen) atoms. The molecule has 6 heteroatoms. The molecule has 0 saturated carbocycles. The van der Waals surface area contributed by atoms with Crippen LogP contribution in [0.3, 0.4) is 0 Å². The number of rotatable bonds is 4. The molecule has 2 aliphatic rings. The maximum Gasteiger partial charge on any atom is 0.332 e. The minimum Gasteiger partial charge on any atom is -0.479 e. The van der Waals surface area contributed by atoms with Gasteiger partial charge < -0.3 is 15.2 Å². The lowest BCUT2D eigenvalue weighted by atomic mass is 9.87. The van der Waals surface area contributed by atoms with Gasteiger partial charge in [0, 0.05) is 11.4 Å². The molecule has 2 N–H and O–H groups in total. The molecule has 1 fully saturated rings. The van der Waals surface area contributed by atoms with Crippen LogP contribution >= 0.6 is 11.3 Å². The Morgan fingerprint density at radius 2 is 2.24 bits per heavy atom. The molecular weight excluding hydrogens is 290 g/mol. The van der Waals surface area contributed by atoms with Crippen molar-refractivity contribution in [1.82, 2.24) is 5.32 Å². The molecule has 1 amide bonds. The number of aliphatic carboxylic acids is 1. The van der Waals surface area contributed by atoms with E-state index in [0.717, 1.165) is 19.3 Å². The number of hydrogen-bond donors (Lipinski definition) is 2. The predicted molar refractivity (Wildman–Crippen MR) is 78.5 cm³/mol. The summed E-state index contributed by atoms with van der Waals surface area (Å²) in [6, 6.07) is 2.05. The van der Waals surface area contributed by atoms with Crippen LogP contribution in [0.5, 0.6) is 0 Å². The van der Waals surface area contributed by atoms with E-state index >= 15 is 0 Å². The molecule has 0 spiro atoms. The van der Waals surface area contributed by atoms with E-state index in [1.165, 1.54) is 10.4 Å². The minimum atomic E-state index is -0.918. The molecule has 1 aromatic rings. The lowest BCUT2D eigenvalue weighted by Gasteiger charge is -2.22. The third kappa shape index (κ3) is 3.11. The summed E-state index contributed by atoms with van der Waals surface area (Å²) in [5.41, 5.74) is 1.17. The van der Waals surface area contributed by atoms with E-state index in [9.17, 15) is 9.59 Å². The highest BCUT2D eigenvalue weighted by atomic mass is 32.1. The van der Waals surface area contributed by atoms with Crippen molar-refractivity contribution >= 4 is 23.2 Å². The van der Waals surface area contributed by atoms with E-state index in [1.54, 1.807) is 11.3 Å². The van der Waals surface area contributed by atoms with Gasteiger partial charge in [0.15, 0.2) is 6.10 Å². The van der Waals surface area contributed by atoms with Gasteiger partial charge in [0.25, 0.3) is 0 Å². The molecule has 3 rings (SSSR count). The predicted octanol–water partition coefficient (Wildman–Crippen LogP) is 1.92. The Morgan fingerprint density at radius 1 is 1.38 bits per heavy atom. The van der Waals surface area contributed by atoms with Crippen molar-refractivity contribution in [3.8, 4) is 0 Å². The van der Waals surface area contributed by atoms with Gasteiger partial charge >= 0.3 is 5.97 Å². The van der Waals surface area contributed by atoms with Crippen LogP contribution in [0.15, 0.2) is 11.4 Å². The van der Waals surface area contributed by atoms with E-state index < -0.39 is 12.1 Å². The lowest BCUT2D eigenvalue weighted by Crippen LogP contribution is -2.36. The van der Waals surface area contributed by atoms with Crippen molar-refractivity contribution in [1.29, 1.82) is 0 Å². The Kier molecular flexibility index (Phi) is 4.26. The number of thiophene rings is 1. The zero-order valence-electron chi connectivity index (χ0n) is 11.7. The number of carbonyl (C=O) groups excluding carboxylic acids is 1. The highest BCUT2D eigenvalue weighted by Crippen LogP contribution is 2.35. The van der Waals surface area contributed by atoms with Crippen molar-refractivity contribution in [3.05, 3.63) is 21.9 Å². The summed E-state index contributed by atoms with van der Waals surface area (Å²) >= 11 is 1.72. The van der Waals surface area contributed by atoms with Gasteiger partial charge in [-0.2, -0.15) is 0 Å². The van der Waals surface area contributed by atoms with Gasteiger partial charge in [-0.15, -0.1) is 11.3 Å². The number of fused-ring (bicyclic) bond motifs is 1. The Labute approximate surface area is 127 Å². The number of nitrogens with one attached hydrogen (secondary N) is 1. The summed E-state index contributed by atoms with van der Waals surface area (Å²) in [5.74, 6) is -0.938. The Hall–Kier alpha value is -1.40.